The van der Waals surface area contributed by atoms with Gasteiger partial charge in [0.1, 0.15) is 5.78 Å². The minimum Gasteiger partial charge on any atom is -0.393 e. The summed E-state index contributed by atoms with van der Waals surface area (Å²) in [6, 6.07) is 0. The average Bonchev–Trinajstić information content (AvgIpc) is 3.23. The van der Waals surface area contributed by atoms with Crippen LogP contribution in [-0.2, 0) is 11.2 Å². The Kier molecular flexibility index (Phi) is 4.47. The maximum absolute atomic E-state index is 13.4. The highest BCUT2D eigenvalue weighted by molar-refractivity contribution is 5.86. The van der Waals surface area contributed by atoms with Crippen molar-refractivity contribution >= 4 is 11.9 Å². The number of aromatic amines is 1. The number of carbonyl (C=O) groups is 1. The number of nitrogens with zero attached hydrogens (tertiary/aromatic N) is 1. The van der Waals surface area contributed by atoms with Crippen LogP contribution >= 0.6 is 0 Å². The van der Waals surface area contributed by atoms with Crippen LogP contribution in [0.15, 0.2) is 11.8 Å². The Balaban J connectivity index is 1.58. The molecule has 1 heterocycles. The first-order chi connectivity index (χ1) is 14.2. The predicted octanol–water partition coefficient (Wildman–Crippen LogP) is 5.18. The molecule has 164 valence electrons. The number of Topliss-reactive ketones (excluding diaryl/α,β-unsaturated/α-hetero) is 1. The van der Waals surface area contributed by atoms with Crippen molar-refractivity contribution < 1.29 is 9.90 Å². The number of hydrogen-bond donors (Lipinski definition) is 2. The van der Waals surface area contributed by atoms with Gasteiger partial charge < -0.3 is 5.11 Å². The first-order valence-corrected chi connectivity index (χ1v) is 12.2. The van der Waals surface area contributed by atoms with Crippen LogP contribution in [0.5, 0.6) is 0 Å². The minimum atomic E-state index is -0.348. The lowest BCUT2D eigenvalue weighted by molar-refractivity contribution is -0.162. The van der Waals surface area contributed by atoms with Crippen molar-refractivity contribution in [2.45, 2.75) is 85.7 Å². The topological polar surface area (TPSA) is 66.0 Å². The van der Waals surface area contributed by atoms with E-state index in [4.69, 9.17) is 0 Å². The largest absolute Gasteiger partial charge is 0.393 e. The van der Waals surface area contributed by atoms with Crippen molar-refractivity contribution in [1.29, 1.82) is 0 Å². The number of rotatable bonds is 3. The third-order valence-electron chi connectivity index (χ3n) is 10.5. The summed E-state index contributed by atoms with van der Waals surface area (Å²) in [5.41, 5.74) is 3.55. The molecule has 0 aliphatic heterocycles. The van der Waals surface area contributed by atoms with Crippen LogP contribution in [0.2, 0.25) is 0 Å². The molecule has 0 radical (unpaired) electrons. The number of allylic oxidation sites excluding steroid dienone is 1. The number of carbonyl (C=O) groups excluding carboxylic acids is 1. The Labute approximate surface area is 180 Å². The van der Waals surface area contributed by atoms with E-state index in [1.165, 1.54) is 11.1 Å². The molecular weight excluding hydrogens is 372 g/mol. The van der Waals surface area contributed by atoms with Gasteiger partial charge in [0.25, 0.3) is 0 Å². The molecule has 4 aliphatic rings. The summed E-state index contributed by atoms with van der Waals surface area (Å²) in [5.74, 6) is 2.12. The molecule has 30 heavy (non-hydrogen) atoms. The van der Waals surface area contributed by atoms with Crippen molar-refractivity contribution in [2.75, 3.05) is 0 Å². The van der Waals surface area contributed by atoms with Gasteiger partial charge in [-0.05, 0) is 84.7 Å². The van der Waals surface area contributed by atoms with E-state index in [1.54, 1.807) is 0 Å². The van der Waals surface area contributed by atoms with Gasteiger partial charge in [-0.15, -0.1) is 0 Å². The van der Waals surface area contributed by atoms with Gasteiger partial charge in [-0.2, -0.15) is 5.10 Å². The van der Waals surface area contributed by atoms with Gasteiger partial charge in [0.15, 0.2) is 0 Å². The lowest BCUT2D eigenvalue weighted by Gasteiger charge is -2.61. The Morgan fingerprint density at radius 2 is 2.10 bits per heavy atom. The highest BCUT2D eigenvalue weighted by atomic mass is 16.3. The molecule has 1 aromatic heterocycles. The quantitative estimate of drug-likeness (QED) is 0.721. The van der Waals surface area contributed by atoms with Gasteiger partial charge in [-0.25, -0.2) is 0 Å². The fourth-order valence-corrected chi connectivity index (χ4v) is 9.40. The zero-order valence-corrected chi connectivity index (χ0v) is 19.3. The van der Waals surface area contributed by atoms with E-state index < -0.39 is 0 Å². The SMILES string of the molecule is CCC(=O)[C@@]1(CC)[C@H](C)C[C@H]2[C@@H]3CCC4=Cc5[nH]ncc5C[C@]4(C)C3[C@@H](O)C[C@@]21C. The first-order valence-electron chi connectivity index (χ1n) is 12.2. The number of aromatic nitrogens is 2. The second-order valence-electron chi connectivity index (χ2n) is 11.3. The fourth-order valence-electron chi connectivity index (χ4n) is 9.40. The van der Waals surface area contributed by atoms with E-state index >= 15 is 0 Å². The molecule has 5 rings (SSSR count). The third-order valence-corrected chi connectivity index (χ3v) is 10.5. The van der Waals surface area contributed by atoms with Gasteiger partial charge in [0.2, 0.25) is 0 Å². The summed E-state index contributed by atoms with van der Waals surface area (Å²) < 4.78 is 0. The molecule has 0 amide bonds. The van der Waals surface area contributed by atoms with Crippen molar-refractivity contribution in [3.63, 3.8) is 0 Å². The number of fused-ring (bicyclic) bond motifs is 6. The molecule has 3 saturated carbocycles. The van der Waals surface area contributed by atoms with Crippen LogP contribution in [0.1, 0.15) is 84.4 Å². The summed E-state index contributed by atoms with van der Waals surface area (Å²) in [6.07, 6.45) is 10.6. The van der Waals surface area contributed by atoms with Crippen LogP contribution in [0.3, 0.4) is 0 Å². The molecule has 4 aliphatic carbocycles. The molecule has 4 heteroatoms. The molecule has 8 atom stereocenters. The maximum atomic E-state index is 13.4. The first kappa shape index (κ1) is 20.5. The van der Waals surface area contributed by atoms with Gasteiger partial charge >= 0.3 is 0 Å². The van der Waals surface area contributed by atoms with E-state index in [0.717, 1.165) is 44.2 Å². The summed E-state index contributed by atoms with van der Waals surface area (Å²) in [7, 11) is 0. The molecule has 1 aromatic rings. The molecular formula is C26H38N2O2. The lowest BCUT2D eigenvalue weighted by atomic mass is 9.43. The van der Waals surface area contributed by atoms with Crippen LogP contribution in [-0.4, -0.2) is 27.2 Å². The number of ketones is 1. The molecule has 1 unspecified atom stereocenters. The van der Waals surface area contributed by atoms with E-state index in [1.807, 2.05) is 13.1 Å². The number of nitrogens with one attached hydrogen (secondary N) is 1. The smallest absolute Gasteiger partial charge is 0.139 e. The zero-order chi connectivity index (χ0) is 21.5. The fraction of sp³-hybridized carbons (Fsp3) is 0.769. The highest BCUT2D eigenvalue weighted by Crippen LogP contribution is 2.72. The third kappa shape index (κ3) is 2.27. The Morgan fingerprint density at radius 3 is 2.80 bits per heavy atom. The normalized spacial score (nSPS) is 47.0. The van der Waals surface area contributed by atoms with Crippen molar-refractivity contribution in [3.05, 3.63) is 23.0 Å². The second-order valence-corrected chi connectivity index (χ2v) is 11.3. The van der Waals surface area contributed by atoms with E-state index in [9.17, 15) is 9.90 Å². The van der Waals surface area contributed by atoms with Crippen molar-refractivity contribution in [1.82, 2.24) is 10.2 Å². The van der Waals surface area contributed by atoms with Gasteiger partial charge in [-0.1, -0.05) is 40.2 Å². The number of aliphatic hydroxyl groups excluding tert-OH is 1. The maximum Gasteiger partial charge on any atom is 0.139 e. The average molecular weight is 411 g/mol. The predicted molar refractivity (Wildman–Crippen MR) is 119 cm³/mol. The summed E-state index contributed by atoms with van der Waals surface area (Å²) in [6.45, 7) is 11.3. The highest BCUT2D eigenvalue weighted by Gasteiger charge is 2.69. The number of aliphatic hydroxyl groups is 1. The van der Waals surface area contributed by atoms with Crippen LogP contribution < -0.4 is 0 Å². The number of hydrogen-bond acceptors (Lipinski definition) is 3. The van der Waals surface area contributed by atoms with E-state index in [-0.39, 0.29) is 28.3 Å². The summed E-state index contributed by atoms with van der Waals surface area (Å²) in [4.78, 5) is 13.4. The molecule has 0 spiro atoms. The molecule has 4 nitrogen and oxygen atoms in total. The Morgan fingerprint density at radius 1 is 1.33 bits per heavy atom. The molecule has 0 aromatic carbocycles. The summed E-state index contributed by atoms with van der Waals surface area (Å²) >= 11 is 0. The molecule has 0 saturated heterocycles. The minimum absolute atomic E-state index is 0.00396. The Bertz CT molecular complexity index is 903. The molecule has 0 bridgehead atoms. The van der Waals surface area contributed by atoms with Crippen LogP contribution in [0, 0.1) is 39.9 Å². The molecule has 3 fully saturated rings. The van der Waals surface area contributed by atoms with Gasteiger partial charge in [0.05, 0.1) is 18.0 Å². The monoisotopic (exact) mass is 410 g/mol. The van der Waals surface area contributed by atoms with Gasteiger partial charge in [-0.3, -0.25) is 9.89 Å². The van der Waals surface area contributed by atoms with E-state index in [0.29, 0.717) is 30.0 Å². The van der Waals surface area contributed by atoms with Gasteiger partial charge in [0, 0.05) is 11.8 Å². The second kappa shape index (κ2) is 6.54. The zero-order valence-electron chi connectivity index (χ0n) is 19.3. The Hall–Kier alpha value is -1.42. The van der Waals surface area contributed by atoms with Crippen molar-refractivity contribution in [3.8, 4) is 0 Å². The lowest BCUT2D eigenvalue weighted by Crippen LogP contribution is -2.59. The molecule has 2 N–H and O–H groups in total. The number of H-pyrrole nitrogens is 1. The summed E-state index contributed by atoms with van der Waals surface area (Å²) in [5, 5.41) is 19.2. The van der Waals surface area contributed by atoms with Crippen LogP contribution in [0.4, 0.5) is 0 Å². The van der Waals surface area contributed by atoms with E-state index in [2.05, 4.69) is 44.0 Å². The standard InChI is InChI=1S/C26H38N2O2/c1-6-22(30)26(7-2)15(3)10-19-18-9-8-17-11-20-16(14-27-28-20)12-24(17,4)23(18)21(29)13-25(19,26)5/h11,14-15,18-19,21,23,29H,6-10,12-13H2,1-5H3,(H,27,28)/t15-,18+,19+,21+,23?,24+,25+,26-/m1/s1. The van der Waals surface area contributed by atoms with Crippen LogP contribution in [0.25, 0.3) is 6.08 Å². The van der Waals surface area contributed by atoms with Crippen molar-refractivity contribution in [2.24, 2.45) is 39.9 Å².